The standard InChI is InChI=1S/C70H84F2N12O12S2/c1-69-20-6-25-84(69)67(94)55(28-40-11-15-48(85)16-12-40)80-65(92)60(70(96)21-22-70)82-64(91)58-10-5-24-83(58)66(93)56(31-45-35-76-53-18-14-47(72)33-51(45)53)79-63(90)54(30-44-34-75-52-17-13-46(71)32-50(44)52)78-59(87)36-77-62(89)43(9-2-3-23-73)29-49(86)19-26-97-37-41-7-4-8-42(27-41)38-98-39-57(61(74)88)81-68(69)95/h4,7-8,11-18,27,32-35,43,54-58,60,75-76,85,96H,2-3,5-6,9-10,19-26,28-31,36-39,73H2,1H3,(H2,74,88)(H,77,89)(H,78,87)(H,79,90)(H,80,92)(H,81,95)(H,82,91)/t43-,54+,55+,56+,57+,58+,60-,69+/m1/s1. The first-order valence-corrected chi connectivity index (χ1v) is 35.5. The summed E-state index contributed by atoms with van der Waals surface area (Å²) >= 11 is 2.88. The maximum atomic E-state index is 15.4. The quantitative estimate of drug-likeness (QED) is 0.0774. The fraction of sp³-hybridized carbons (Fsp3) is 0.457. The van der Waals surface area contributed by atoms with Crippen molar-refractivity contribution in [3.05, 3.63) is 137 Å². The highest BCUT2D eigenvalue weighted by Gasteiger charge is 2.54. The Balaban J connectivity index is 0.966. The van der Waals surface area contributed by atoms with Gasteiger partial charge in [0, 0.05) is 108 Å². The number of unbranched alkanes of at least 4 members (excludes halogenated alkanes) is 1. The van der Waals surface area contributed by atoms with Gasteiger partial charge in [-0.05, 0) is 141 Å². The molecule has 0 spiro atoms. The van der Waals surface area contributed by atoms with Crippen LogP contribution in [0.1, 0.15) is 105 Å². The molecule has 2 saturated heterocycles. The van der Waals surface area contributed by atoms with E-state index in [4.69, 9.17) is 11.5 Å². The number of amides is 9. The van der Waals surface area contributed by atoms with Crippen LogP contribution in [0.15, 0.2) is 97.3 Å². The van der Waals surface area contributed by atoms with Crippen molar-refractivity contribution in [1.29, 1.82) is 0 Å². The second-order valence-electron chi connectivity index (χ2n) is 26.1. The summed E-state index contributed by atoms with van der Waals surface area (Å²) in [5, 5.41) is 39.3. The molecule has 2 aromatic heterocycles. The van der Waals surface area contributed by atoms with E-state index >= 15 is 14.4 Å². The van der Waals surface area contributed by atoms with E-state index in [1.807, 2.05) is 24.3 Å². The van der Waals surface area contributed by atoms with Crippen LogP contribution in [0.2, 0.25) is 0 Å². The summed E-state index contributed by atoms with van der Waals surface area (Å²) in [7, 11) is 0. The van der Waals surface area contributed by atoms with Gasteiger partial charge < -0.3 is 73.3 Å². The summed E-state index contributed by atoms with van der Waals surface area (Å²) in [6.45, 7) is 1.29. The minimum absolute atomic E-state index is 0.0375. The summed E-state index contributed by atoms with van der Waals surface area (Å²) in [6, 6.07) is 12.9. The number of aromatic nitrogens is 2. The summed E-state index contributed by atoms with van der Waals surface area (Å²) < 4.78 is 29.9. The molecule has 522 valence electrons. The first kappa shape index (κ1) is 71.9. The lowest BCUT2D eigenvalue weighted by Crippen LogP contribution is -2.64. The maximum Gasteiger partial charge on any atom is 0.246 e. The number of phenols is 1. The zero-order valence-electron chi connectivity index (χ0n) is 54.4. The largest absolute Gasteiger partial charge is 0.508 e. The Morgan fingerprint density at radius 3 is 1.98 bits per heavy atom. The Labute approximate surface area is 573 Å². The number of primary amides is 1. The number of nitrogens with zero attached hydrogens (tertiary/aromatic N) is 2. The average molecular weight is 1390 g/mol. The number of carbonyl (C=O) groups is 10. The van der Waals surface area contributed by atoms with Gasteiger partial charge in [0.25, 0.3) is 0 Å². The van der Waals surface area contributed by atoms with E-state index in [0.717, 1.165) is 11.1 Å². The molecule has 1 aliphatic carbocycles. The second kappa shape index (κ2) is 32.2. The third kappa shape index (κ3) is 17.9. The number of fused-ring (bicyclic) bond motifs is 6. The molecular weight excluding hydrogens is 1300 g/mol. The molecule has 1 saturated carbocycles. The van der Waals surface area contributed by atoms with Crippen molar-refractivity contribution in [3.63, 3.8) is 0 Å². The molecule has 28 heteroatoms. The Morgan fingerprint density at radius 2 is 1.33 bits per heavy atom. The van der Waals surface area contributed by atoms with E-state index in [2.05, 4.69) is 41.9 Å². The van der Waals surface area contributed by atoms with E-state index in [1.54, 1.807) is 31.5 Å². The topological polar surface area (TPSA) is 373 Å². The number of hydrogen-bond donors (Lipinski definition) is 12. The van der Waals surface area contributed by atoms with Crippen LogP contribution in [0.3, 0.4) is 0 Å². The number of Topliss-reactive ketones (excluding diaryl/α,β-unsaturated/α-hetero) is 1. The number of phenolic OH excluding ortho intramolecular Hbond substituents is 1. The molecule has 0 radical (unpaired) electrons. The van der Waals surface area contributed by atoms with Crippen LogP contribution in [0, 0.1) is 17.6 Å². The predicted molar refractivity (Wildman–Crippen MR) is 365 cm³/mol. The van der Waals surface area contributed by atoms with Gasteiger partial charge in [-0.1, -0.05) is 42.8 Å². The molecule has 3 fully saturated rings. The first-order chi connectivity index (χ1) is 47.0. The number of nitrogens with one attached hydrogen (secondary N) is 8. The molecule has 5 heterocycles. The van der Waals surface area contributed by atoms with Gasteiger partial charge in [-0.25, -0.2) is 8.78 Å². The maximum absolute atomic E-state index is 15.4. The number of carbonyl (C=O) groups excluding carboxylic acids is 10. The SMILES string of the molecule is C[C@@]12CCCN1C(=O)[C@H](Cc1ccc(O)cc1)NC(=O)[C@H](C1(O)CC1)NC(=O)[C@@H]1CCCN1C(=O)[C@H](Cc1c[nH]c3ccc(F)cc13)NC(=O)[C@H](Cc1c[nH]c3ccc(F)cc13)NC(=O)CNC(=O)[C@H](CCCCN)CC(=O)CCSCc1cccc(c1)CSC[C@@H](C(N)=O)NC2=O. The molecule has 4 aliphatic rings. The summed E-state index contributed by atoms with van der Waals surface area (Å²) in [5.74, 6) is -7.87. The van der Waals surface area contributed by atoms with Gasteiger partial charge in [-0.3, -0.25) is 47.9 Å². The van der Waals surface area contributed by atoms with Crippen LogP contribution in [0.25, 0.3) is 21.8 Å². The molecule has 9 amide bonds. The highest BCUT2D eigenvalue weighted by atomic mass is 32.2. The number of hydrogen-bond acceptors (Lipinski definition) is 15. The van der Waals surface area contributed by atoms with Crippen LogP contribution in [-0.4, -0.2) is 174 Å². The van der Waals surface area contributed by atoms with Crippen molar-refractivity contribution in [2.45, 2.75) is 156 Å². The zero-order valence-corrected chi connectivity index (χ0v) is 56.1. The summed E-state index contributed by atoms with van der Waals surface area (Å²) in [4.78, 5) is 154. The molecule has 4 aromatic carbocycles. The molecule has 8 atom stereocenters. The molecule has 24 nitrogen and oxygen atoms in total. The first-order valence-electron chi connectivity index (χ1n) is 33.2. The number of ketones is 1. The van der Waals surface area contributed by atoms with E-state index < -0.39 is 125 Å². The van der Waals surface area contributed by atoms with Crippen LogP contribution in [0.5, 0.6) is 5.75 Å². The van der Waals surface area contributed by atoms with Gasteiger partial charge in [0.1, 0.15) is 65.0 Å². The molecule has 98 heavy (non-hydrogen) atoms. The number of benzene rings is 4. The number of rotatable bonds is 12. The van der Waals surface area contributed by atoms with E-state index in [1.165, 1.54) is 81.9 Å². The summed E-state index contributed by atoms with van der Waals surface area (Å²) in [6.07, 6.45) is 4.68. The molecule has 10 rings (SSSR count). The van der Waals surface area contributed by atoms with E-state index in [-0.39, 0.29) is 94.6 Å². The van der Waals surface area contributed by atoms with Crippen LogP contribution >= 0.6 is 23.5 Å². The van der Waals surface area contributed by atoms with Crippen molar-refractivity contribution in [3.8, 4) is 5.75 Å². The molecule has 6 aromatic rings. The van der Waals surface area contributed by atoms with Crippen LogP contribution in [-0.2, 0) is 78.7 Å². The predicted octanol–water partition coefficient (Wildman–Crippen LogP) is 3.86. The van der Waals surface area contributed by atoms with Gasteiger partial charge in [-0.15, -0.1) is 0 Å². The Hall–Kier alpha value is -8.86. The Kier molecular flexibility index (Phi) is 23.6. The normalized spacial score (nSPS) is 24.9. The van der Waals surface area contributed by atoms with E-state index in [9.17, 15) is 52.6 Å². The van der Waals surface area contributed by atoms with Crippen molar-refractivity contribution in [1.82, 2.24) is 51.7 Å². The minimum Gasteiger partial charge on any atom is -0.508 e. The van der Waals surface area contributed by atoms with Gasteiger partial charge in [0.2, 0.25) is 53.2 Å². The molecular formula is C70H84F2N12O12S2. The van der Waals surface area contributed by atoms with Crippen LogP contribution in [0.4, 0.5) is 8.78 Å². The average Bonchev–Trinajstić information content (AvgIpc) is 1.55. The highest BCUT2D eigenvalue weighted by Crippen LogP contribution is 2.39. The zero-order chi connectivity index (χ0) is 69.8. The van der Waals surface area contributed by atoms with Gasteiger partial charge in [0.15, 0.2) is 0 Å². The lowest BCUT2D eigenvalue weighted by atomic mass is 9.94. The van der Waals surface area contributed by atoms with Crippen molar-refractivity contribution >= 4 is 104 Å². The van der Waals surface area contributed by atoms with Gasteiger partial charge in [0.05, 0.1) is 12.1 Å². The monoisotopic (exact) mass is 1390 g/mol. The minimum atomic E-state index is -1.82. The Morgan fingerprint density at radius 1 is 0.684 bits per heavy atom. The second-order valence-corrected chi connectivity index (χ2v) is 28.3. The van der Waals surface area contributed by atoms with Crippen molar-refractivity contribution in [2.24, 2.45) is 17.4 Å². The number of aromatic amines is 2. The van der Waals surface area contributed by atoms with Gasteiger partial charge in [-0.2, -0.15) is 23.5 Å². The van der Waals surface area contributed by atoms with E-state index in [0.29, 0.717) is 88.0 Å². The lowest BCUT2D eigenvalue weighted by molar-refractivity contribution is -0.147. The number of H-pyrrole nitrogens is 2. The fourth-order valence-electron chi connectivity index (χ4n) is 13.2. The molecule has 14 N–H and O–H groups in total. The number of halogens is 2. The molecule has 3 aliphatic heterocycles. The molecule has 2 bridgehead atoms. The fourth-order valence-corrected chi connectivity index (χ4v) is 15.2. The van der Waals surface area contributed by atoms with Gasteiger partial charge >= 0.3 is 0 Å². The number of nitrogens with two attached hydrogens (primary N) is 2. The Bertz CT molecular complexity index is 3960. The highest BCUT2D eigenvalue weighted by molar-refractivity contribution is 7.98. The molecule has 0 unspecified atom stereocenters. The number of aliphatic hydroxyl groups is 1. The lowest BCUT2D eigenvalue weighted by Gasteiger charge is -2.37. The smallest absolute Gasteiger partial charge is 0.246 e. The van der Waals surface area contributed by atoms with Crippen LogP contribution < -0.4 is 43.4 Å². The van der Waals surface area contributed by atoms with Crippen molar-refractivity contribution in [2.75, 3.05) is 37.7 Å². The third-order valence-corrected chi connectivity index (χ3v) is 21.0. The third-order valence-electron chi connectivity index (χ3n) is 18.9. The number of aromatic hydroxyl groups is 1. The van der Waals surface area contributed by atoms with Crippen molar-refractivity contribution < 1.29 is 66.9 Å². The summed E-state index contributed by atoms with van der Waals surface area (Å²) in [5.41, 5.74) is 12.5. The number of thioether (sulfide) groups is 2.